The van der Waals surface area contributed by atoms with E-state index < -0.39 is 6.10 Å². The predicted molar refractivity (Wildman–Crippen MR) is 75.0 cm³/mol. The molecule has 1 atom stereocenters. The van der Waals surface area contributed by atoms with Crippen LogP contribution in [-0.2, 0) is 6.54 Å². The zero-order valence-corrected chi connectivity index (χ0v) is 11.2. The summed E-state index contributed by atoms with van der Waals surface area (Å²) in [7, 11) is 0. The fourth-order valence-electron chi connectivity index (χ4n) is 1.90. The zero-order valence-electron chi connectivity index (χ0n) is 10.5. The number of benzene rings is 2. The average Bonchev–Trinajstić information content (AvgIpc) is 2.41. The molecule has 19 heavy (non-hydrogen) atoms. The van der Waals surface area contributed by atoms with Gasteiger partial charge in [0, 0.05) is 10.6 Å². The second-order valence-electron chi connectivity index (χ2n) is 4.47. The Bertz CT molecular complexity index is 528. The number of halogens is 1. The summed E-state index contributed by atoms with van der Waals surface area (Å²) in [6, 6.07) is 14.4. The summed E-state index contributed by atoms with van der Waals surface area (Å²) >= 11 is 5.82. The van der Waals surface area contributed by atoms with Gasteiger partial charge in [-0.25, -0.2) is 0 Å². The second kappa shape index (κ2) is 6.57. The zero-order chi connectivity index (χ0) is 13.7. The normalized spacial score (nSPS) is 12.3. The summed E-state index contributed by atoms with van der Waals surface area (Å²) in [5, 5.41) is 22.1. The molecule has 0 saturated carbocycles. The van der Waals surface area contributed by atoms with Crippen LogP contribution < -0.4 is 5.32 Å². The molecule has 0 amide bonds. The lowest BCUT2D eigenvalue weighted by atomic mass is 10.1. The number of aliphatic hydroxyl groups is 1. The third kappa shape index (κ3) is 4.24. The van der Waals surface area contributed by atoms with Crippen LogP contribution in [0.1, 0.15) is 17.2 Å². The second-order valence-corrected chi connectivity index (χ2v) is 4.90. The van der Waals surface area contributed by atoms with Crippen molar-refractivity contribution >= 4 is 11.6 Å². The lowest BCUT2D eigenvalue weighted by Crippen LogP contribution is -2.83. The van der Waals surface area contributed by atoms with Crippen molar-refractivity contribution in [1.82, 2.24) is 0 Å². The van der Waals surface area contributed by atoms with Crippen LogP contribution in [0.2, 0.25) is 5.02 Å². The number of aromatic hydroxyl groups is 1. The number of hydrogen-bond acceptors (Lipinski definition) is 2. The summed E-state index contributed by atoms with van der Waals surface area (Å²) in [5.74, 6) is 0.175. The topological polar surface area (TPSA) is 57.1 Å². The van der Waals surface area contributed by atoms with Gasteiger partial charge >= 0.3 is 0 Å². The smallest absolute Gasteiger partial charge is 0.128 e. The van der Waals surface area contributed by atoms with Gasteiger partial charge in [-0.2, -0.15) is 0 Å². The highest BCUT2D eigenvalue weighted by Crippen LogP contribution is 2.16. The predicted octanol–water partition coefficient (Wildman–Crippen LogP) is 1.84. The maximum atomic E-state index is 10.0. The molecule has 0 saturated heterocycles. The van der Waals surface area contributed by atoms with Crippen molar-refractivity contribution in [3.05, 3.63) is 64.7 Å². The van der Waals surface area contributed by atoms with Crippen molar-refractivity contribution in [2.24, 2.45) is 0 Å². The van der Waals surface area contributed by atoms with E-state index in [0.29, 0.717) is 6.54 Å². The van der Waals surface area contributed by atoms with Crippen LogP contribution in [0, 0.1) is 0 Å². The van der Waals surface area contributed by atoms with Gasteiger partial charge in [0.05, 0.1) is 0 Å². The minimum Gasteiger partial charge on any atom is -0.508 e. The van der Waals surface area contributed by atoms with E-state index in [1.54, 1.807) is 24.3 Å². The Labute approximate surface area is 117 Å². The molecule has 100 valence electrons. The number of hydrogen-bond donors (Lipinski definition) is 3. The molecule has 0 bridgehead atoms. The van der Waals surface area contributed by atoms with Crippen LogP contribution in [0.25, 0.3) is 0 Å². The molecule has 0 aliphatic heterocycles. The fourth-order valence-corrected chi connectivity index (χ4v) is 2.02. The van der Waals surface area contributed by atoms with Crippen molar-refractivity contribution < 1.29 is 15.5 Å². The van der Waals surface area contributed by atoms with Gasteiger partial charge in [-0.3, -0.25) is 0 Å². The SMILES string of the molecule is Oc1cccc([C@@H](O)C[NH2+]Cc2ccc(Cl)cc2)c1. The Morgan fingerprint density at radius 1 is 1.11 bits per heavy atom. The van der Waals surface area contributed by atoms with Gasteiger partial charge < -0.3 is 15.5 Å². The minimum atomic E-state index is -0.584. The first-order valence-corrected chi connectivity index (χ1v) is 6.56. The summed E-state index contributed by atoms with van der Waals surface area (Å²) in [4.78, 5) is 0. The summed E-state index contributed by atoms with van der Waals surface area (Å²) in [5.41, 5.74) is 1.89. The molecule has 2 rings (SSSR count). The molecule has 4 heteroatoms. The highest BCUT2D eigenvalue weighted by atomic mass is 35.5. The Balaban J connectivity index is 1.84. The Morgan fingerprint density at radius 3 is 2.53 bits per heavy atom. The summed E-state index contributed by atoms with van der Waals surface area (Å²) < 4.78 is 0. The van der Waals surface area contributed by atoms with Crippen LogP contribution in [-0.4, -0.2) is 16.8 Å². The molecule has 3 nitrogen and oxygen atoms in total. The third-order valence-electron chi connectivity index (χ3n) is 2.94. The molecule has 2 aromatic rings. The lowest BCUT2D eigenvalue weighted by Gasteiger charge is -2.10. The Hall–Kier alpha value is -1.55. The van der Waals surface area contributed by atoms with Crippen molar-refractivity contribution in [3.63, 3.8) is 0 Å². The van der Waals surface area contributed by atoms with Gasteiger partial charge in [-0.1, -0.05) is 35.9 Å². The van der Waals surface area contributed by atoms with E-state index in [1.807, 2.05) is 29.6 Å². The molecule has 0 aliphatic rings. The number of nitrogens with two attached hydrogens (primary N) is 1. The number of phenols is 1. The van der Waals surface area contributed by atoms with Gasteiger partial charge in [-0.15, -0.1) is 0 Å². The van der Waals surface area contributed by atoms with E-state index in [4.69, 9.17) is 11.6 Å². The molecule has 0 heterocycles. The highest BCUT2D eigenvalue weighted by molar-refractivity contribution is 6.30. The molecule has 0 spiro atoms. The van der Waals surface area contributed by atoms with E-state index >= 15 is 0 Å². The molecule has 4 N–H and O–H groups in total. The average molecular weight is 279 g/mol. The van der Waals surface area contributed by atoms with E-state index in [1.165, 1.54) is 0 Å². The van der Waals surface area contributed by atoms with Crippen LogP contribution in [0.15, 0.2) is 48.5 Å². The molecule has 0 unspecified atom stereocenters. The molecule has 0 aromatic heterocycles. The van der Waals surface area contributed by atoms with Gasteiger partial charge in [0.25, 0.3) is 0 Å². The van der Waals surface area contributed by atoms with Gasteiger partial charge in [0.1, 0.15) is 24.9 Å². The monoisotopic (exact) mass is 278 g/mol. The first-order valence-electron chi connectivity index (χ1n) is 6.18. The quantitative estimate of drug-likeness (QED) is 0.782. The van der Waals surface area contributed by atoms with Crippen molar-refractivity contribution in [2.75, 3.05) is 6.54 Å². The molecule has 2 aromatic carbocycles. The Morgan fingerprint density at radius 2 is 1.84 bits per heavy atom. The van der Waals surface area contributed by atoms with Crippen LogP contribution in [0.3, 0.4) is 0 Å². The molecular formula is C15H17ClNO2+. The number of rotatable bonds is 5. The largest absolute Gasteiger partial charge is 0.508 e. The van der Waals surface area contributed by atoms with E-state index in [0.717, 1.165) is 22.7 Å². The number of phenolic OH excluding ortho intramolecular Hbond substituents is 1. The maximum absolute atomic E-state index is 10.0. The molecule has 0 fully saturated rings. The van der Waals surface area contributed by atoms with Crippen molar-refractivity contribution in [3.8, 4) is 5.75 Å². The molecule has 0 radical (unpaired) electrons. The first-order chi connectivity index (χ1) is 9.15. The van der Waals surface area contributed by atoms with E-state index in [2.05, 4.69) is 0 Å². The van der Waals surface area contributed by atoms with Crippen LogP contribution in [0.5, 0.6) is 5.75 Å². The summed E-state index contributed by atoms with van der Waals surface area (Å²) in [6.45, 7) is 1.33. The van der Waals surface area contributed by atoms with Crippen LogP contribution >= 0.6 is 11.6 Å². The molecular weight excluding hydrogens is 262 g/mol. The molecule has 0 aliphatic carbocycles. The van der Waals surface area contributed by atoms with Gasteiger partial charge in [0.2, 0.25) is 0 Å². The standard InChI is InChI=1S/C15H16ClNO2/c16-13-6-4-11(5-7-13)9-17-10-15(19)12-2-1-3-14(18)8-12/h1-8,15,17-19H,9-10H2/p+1/t15-/m0/s1. The van der Waals surface area contributed by atoms with Crippen LogP contribution in [0.4, 0.5) is 0 Å². The third-order valence-corrected chi connectivity index (χ3v) is 3.19. The van der Waals surface area contributed by atoms with Gasteiger partial charge in [0.15, 0.2) is 0 Å². The highest BCUT2D eigenvalue weighted by Gasteiger charge is 2.09. The van der Waals surface area contributed by atoms with E-state index in [-0.39, 0.29) is 5.75 Å². The summed E-state index contributed by atoms with van der Waals surface area (Å²) in [6.07, 6.45) is -0.584. The lowest BCUT2D eigenvalue weighted by molar-refractivity contribution is -0.677. The Kier molecular flexibility index (Phi) is 4.80. The van der Waals surface area contributed by atoms with Gasteiger partial charge in [-0.05, 0) is 29.8 Å². The minimum absolute atomic E-state index is 0.175. The fraction of sp³-hybridized carbons (Fsp3) is 0.200. The number of aliphatic hydroxyl groups excluding tert-OH is 1. The van der Waals surface area contributed by atoms with Crippen molar-refractivity contribution in [2.45, 2.75) is 12.6 Å². The maximum Gasteiger partial charge on any atom is 0.128 e. The first kappa shape index (κ1) is 13.9. The number of quaternary nitrogens is 1. The van der Waals surface area contributed by atoms with Crippen molar-refractivity contribution in [1.29, 1.82) is 0 Å². The van der Waals surface area contributed by atoms with E-state index in [9.17, 15) is 10.2 Å².